The molecule has 0 heterocycles. The van der Waals surface area contributed by atoms with Crippen LogP contribution in [0.25, 0.3) is 0 Å². The van der Waals surface area contributed by atoms with Gasteiger partial charge in [-0.15, -0.1) is 0 Å². The highest BCUT2D eigenvalue weighted by atomic mass is 16.6. The Bertz CT molecular complexity index is 665. The largest absolute Gasteiger partial charge is 0.339 e. The zero-order valence-electron chi connectivity index (χ0n) is 12.3. The van der Waals surface area contributed by atoms with E-state index in [2.05, 4.69) is 11.5 Å². The fourth-order valence-electron chi connectivity index (χ4n) is 2.39. The van der Waals surface area contributed by atoms with Crippen molar-refractivity contribution in [3.05, 3.63) is 57.6 Å². The number of nitrogen functional groups attached to an aromatic ring is 1. The molecular formula is C15H18N4O2. The zero-order chi connectivity index (χ0) is 15.6. The lowest BCUT2D eigenvalue weighted by atomic mass is 10.1. The summed E-state index contributed by atoms with van der Waals surface area (Å²) in [5, 5.41) is 11.4. The third kappa shape index (κ3) is 2.95. The van der Waals surface area contributed by atoms with Crippen molar-refractivity contribution in [2.45, 2.75) is 13.8 Å². The molecule has 0 bridgehead atoms. The predicted molar refractivity (Wildman–Crippen MR) is 84.9 cm³/mol. The fraction of sp³-hybridized carbons (Fsp3) is 0.200. The smallest absolute Gasteiger partial charge is 0.317 e. The van der Waals surface area contributed by atoms with Crippen LogP contribution in [0.1, 0.15) is 11.1 Å². The molecule has 3 N–H and O–H groups in total. The molecule has 0 radical (unpaired) electrons. The summed E-state index contributed by atoms with van der Waals surface area (Å²) in [6.45, 7) is 3.99. The van der Waals surface area contributed by atoms with Crippen LogP contribution in [0.5, 0.6) is 0 Å². The summed E-state index contributed by atoms with van der Waals surface area (Å²) in [4.78, 5) is 12.7. The third-order valence-electron chi connectivity index (χ3n) is 3.31. The maximum absolute atomic E-state index is 11.4. The lowest BCUT2D eigenvalue weighted by Crippen LogP contribution is -2.15. The number of rotatable bonds is 4. The molecule has 0 spiro atoms. The Labute approximate surface area is 123 Å². The van der Waals surface area contributed by atoms with E-state index in [0.717, 1.165) is 16.8 Å². The van der Waals surface area contributed by atoms with Crippen molar-refractivity contribution < 1.29 is 4.92 Å². The van der Waals surface area contributed by atoms with E-state index < -0.39 is 4.92 Å². The highest BCUT2D eigenvalue weighted by Gasteiger charge is 2.22. The Balaban J connectivity index is 2.57. The number of nitrogens with one attached hydrogen (secondary N) is 1. The molecule has 0 aromatic heterocycles. The van der Waals surface area contributed by atoms with Crippen molar-refractivity contribution in [2.75, 3.05) is 17.4 Å². The number of aryl methyl sites for hydroxylation is 2. The van der Waals surface area contributed by atoms with Crippen LogP contribution in [0, 0.1) is 24.0 Å². The van der Waals surface area contributed by atoms with E-state index in [1.54, 1.807) is 30.1 Å². The van der Waals surface area contributed by atoms with Crippen molar-refractivity contribution in [2.24, 2.45) is 5.84 Å². The molecule has 0 amide bonds. The Morgan fingerprint density at radius 1 is 1.19 bits per heavy atom. The number of nitrogens with two attached hydrogens (primary N) is 1. The first-order chi connectivity index (χ1) is 9.93. The molecule has 0 atom stereocenters. The van der Waals surface area contributed by atoms with E-state index in [0.29, 0.717) is 5.69 Å². The van der Waals surface area contributed by atoms with Gasteiger partial charge in [0.05, 0.1) is 4.92 Å². The van der Waals surface area contributed by atoms with Crippen molar-refractivity contribution >= 4 is 22.7 Å². The van der Waals surface area contributed by atoms with Crippen LogP contribution in [0.4, 0.5) is 22.7 Å². The number of para-hydroxylation sites is 1. The van der Waals surface area contributed by atoms with E-state index in [-0.39, 0.29) is 11.4 Å². The first kappa shape index (κ1) is 14.8. The van der Waals surface area contributed by atoms with Gasteiger partial charge in [0.15, 0.2) is 0 Å². The van der Waals surface area contributed by atoms with E-state index in [9.17, 15) is 10.1 Å². The lowest BCUT2D eigenvalue weighted by Gasteiger charge is -2.21. The standard InChI is InChI=1S/C15H18N4O2/c1-10-7-11(2)9-12(8-10)18(3)14-6-4-5-13(17-16)15(14)19(20)21/h4-9,17H,16H2,1-3H3. The van der Waals surface area contributed by atoms with E-state index >= 15 is 0 Å². The summed E-state index contributed by atoms with van der Waals surface area (Å²) in [5.74, 6) is 5.37. The summed E-state index contributed by atoms with van der Waals surface area (Å²) < 4.78 is 0. The van der Waals surface area contributed by atoms with Gasteiger partial charge in [-0.1, -0.05) is 12.1 Å². The number of anilines is 3. The minimum Gasteiger partial charge on any atom is -0.339 e. The van der Waals surface area contributed by atoms with E-state index in [4.69, 9.17) is 5.84 Å². The van der Waals surface area contributed by atoms with Crippen LogP contribution in [-0.2, 0) is 0 Å². The topological polar surface area (TPSA) is 84.4 Å². The Hall–Kier alpha value is -2.60. The normalized spacial score (nSPS) is 10.3. The SMILES string of the molecule is Cc1cc(C)cc(N(C)c2cccc(NN)c2[N+](=O)[O-])c1. The van der Waals surface area contributed by atoms with Crippen LogP contribution in [0.3, 0.4) is 0 Å². The average molecular weight is 286 g/mol. The minimum absolute atomic E-state index is 0.0401. The molecule has 2 aromatic rings. The summed E-state index contributed by atoms with van der Waals surface area (Å²) in [6.07, 6.45) is 0. The van der Waals surface area contributed by atoms with Gasteiger partial charge in [-0.3, -0.25) is 16.0 Å². The monoisotopic (exact) mass is 286 g/mol. The van der Waals surface area contributed by atoms with Gasteiger partial charge < -0.3 is 10.3 Å². The van der Waals surface area contributed by atoms with Gasteiger partial charge in [0.25, 0.3) is 0 Å². The molecule has 0 aliphatic rings. The maximum atomic E-state index is 11.4. The van der Waals surface area contributed by atoms with E-state index in [1.165, 1.54) is 0 Å². The molecule has 6 nitrogen and oxygen atoms in total. The second kappa shape index (κ2) is 5.80. The highest BCUT2D eigenvalue weighted by molar-refractivity contribution is 5.80. The number of hydrogen-bond acceptors (Lipinski definition) is 5. The Morgan fingerprint density at radius 2 is 1.81 bits per heavy atom. The van der Waals surface area contributed by atoms with Gasteiger partial charge in [-0.2, -0.15) is 0 Å². The molecule has 0 saturated heterocycles. The molecule has 21 heavy (non-hydrogen) atoms. The molecule has 0 aliphatic carbocycles. The maximum Gasteiger partial charge on any atom is 0.317 e. The average Bonchev–Trinajstić information content (AvgIpc) is 2.44. The molecule has 0 saturated carbocycles. The molecule has 0 aliphatic heterocycles. The molecule has 6 heteroatoms. The van der Waals surface area contributed by atoms with Crippen LogP contribution in [0.15, 0.2) is 36.4 Å². The summed E-state index contributed by atoms with van der Waals surface area (Å²) >= 11 is 0. The molecular weight excluding hydrogens is 268 g/mol. The van der Waals surface area contributed by atoms with Crippen LogP contribution >= 0.6 is 0 Å². The number of nitro benzene ring substituents is 1. The van der Waals surface area contributed by atoms with Gasteiger partial charge in [0.2, 0.25) is 0 Å². The number of nitrogens with zero attached hydrogens (tertiary/aromatic N) is 2. The van der Waals surface area contributed by atoms with Crippen LogP contribution in [0.2, 0.25) is 0 Å². The van der Waals surface area contributed by atoms with Crippen molar-refractivity contribution in [1.29, 1.82) is 0 Å². The van der Waals surface area contributed by atoms with Gasteiger partial charge >= 0.3 is 5.69 Å². The molecule has 2 aromatic carbocycles. The lowest BCUT2D eigenvalue weighted by molar-refractivity contribution is -0.383. The van der Waals surface area contributed by atoms with Crippen molar-refractivity contribution in [1.82, 2.24) is 0 Å². The number of benzene rings is 2. The van der Waals surface area contributed by atoms with Crippen molar-refractivity contribution in [3.8, 4) is 0 Å². The van der Waals surface area contributed by atoms with Gasteiger partial charge in [0, 0.05) is 12.7 Å². The predicted octanol–water partition coefficient (Wildman–Crippen LogP) is 3.27. The van der Waals surface area contributed by atoms with Gasteiger partial charge in [0.1, 0.15) is 11.4 Å². The third-order valence-corrected chi connectivity index (χ3v) is 3.31. The highest BCUT2D eigenvalue weighted by Crippen LogP contribution is 2.37. The van der Waals surface area contributed by atoms with Gasteiger partial charge in [-0.25, -0.2) is 0 Å². The first-order valence-electron chi connectivity index (χ1n) is 6.50. The minimum atomic E-state index is -0.427. The van der Waals surface area contributed by atoms with Crippen LogP contribution < -0.4 is 16.2 Å². The Morgan fingerprint density at radius 3 is 2.33 bits per heavy atom. The summed E-state index contributed by atoms with van der Waals surface area (Å²) in [7, 11) is 1.80. The second-order valence-corrected chi connectivity index (χ2v) is 4.98. The zero-order valence-corrected chi connectivity index (χ0v) is 12.3. The molecule has 0 unspecified atom stereocenters. The molecule has 0 fully saturated rings. The second-order valence-electron chi connectivity index (χ2n) is 4.98. The summed E-state index contributed by atoms with van der Waals surface area (Å²) in [6, 6.07) is 11.0. The number of nitro groups is 1. The van der Waals surface area contributed by atoms with Crippen LogP contribution in [-0.4, -0.2) is 12.0 Å². The fourth-order valence-corrected chi connectivity index (χ4v) is 2.39. The van der Waals surface area contributed by atoms with Crippen molar-refractivity contribution in [3.63, 3.8) is 0 Å². The van der Waals surface area contributed by atoms with E-state index in [1.807, 2.05) is 26.0 Å². The first-order valence-corrected chi connectivity index (χ1v) is 6.50. The molecule has 110 valence electrons. The molecule has 2 rings (SSSR count). The number of hydrogen-bond donors (Lipinski definition) is 2. The summed E-state index contributed by atoms with van der Waals surface area (Å²) in [5.41, 5.74) is 6.21. The quantitative estimate of drug-likeness (QED) is 0.512. The van der Waals surface area contributed by atoms with Gasteiger partial charge in [-0.05, 0) is 49.2 Å². The number of hydrazine groups is 1. The Kier molecular flexibility index (Phi) is 4.09.